The summed E-state index contributed by atoms with van der Waals surface area (Å²) < 4.78 is 0. The summed E-state index contributed by atoms with van der Waals surface area (Å²) in [5.41, 5.74) is 1.09. The summed E-state index contributed by atoms with van der Waals surface area (Å²) in [5.74, 6) is -0.267. The summed E-state index contributed by atoms with van der Waals surface area (Å²) in [6.45, 7) is 1.91. The predicted octanol–water partition coefficient (Wildman–Crippen LogP) is 2.48. The Kier molecular flexibility index (Phi) is 3.53. The molecule has 0 bridgehead atoms. The Labute approximate surface area is 124 Å². The molecule has 0 unspecified atom stereocenters. The van der Waals surface area contributed by atoms with Gasteiger partial charge in [0.1, 0.15) is 4.83 Å². The van der Waals surface area contributed by atoms with Gasteiger partial charge in [-0.25, -0.2) is 4.98 Å². The number of carbonyl (C=O) groups is 1. The molecule has 0 spiro atoms. The number of nitrogens with one attached hydrogen (secondary N) is 2. The molecule has 21 heavy (non-hydrogen) atoms. The summed E-state index contributed by atoms with van der Waals surface area (Å²) >= 11 is 1.29. The number of H-pyrrole nitrogens is 1. The Hall–Kier alpha value is -2.47. The van der Waals surface area contributed by atoms with E-state index in [1.165, 1.54) is 17.7 Å². The topological polar surface area (TPSA) is 74.8 Å². The molecule has 0 aliphatic heterocycles. The zero-order valence-electron chi connectivity index (χ0n) is 11.3. The fourth-order valence-corrected chi connectivity index (χ4v) is 3.04. The summed E-state index contributed by atoms with van der Waals surface area (Å²) in [4.78, 5) is 31.4. The lowest BCUT2D eigenvalue weighted by Crippen LogP contribution is -2.27. The number of fused-ring (bicyclic) bond motifs is 1. The van der Waals surface area contributed by atoms with Crippen molar-refractivity contribution in [3.05, 3.63) is 63.5 Å². The van der Waals surface area contributed by atoms with Crippen LogP contribution in [0.15, 0.2) is 46.8 Å². The second-order valence-electron chi connectivity index (χ2n) is 4.67. The average Bonchev–Trinajstić information content (AvgIpc) is 2.93. The number of hydrogen-bond acceptors (Lipinski definition) is 4. The predicted molar refractivity (Wildman–Crippen MR) is 82.6 cm³/mol. The van der Waals surface area contributed by atoms with Crippen LogP contribution in [0, 0.1) is 0 Å². The molecule has 2 aromatic heterocycles. The highest BCUT2D eigenvalue weighted by Crippen LogP contribution is 2.21. The van der Waals surface area contributed by atoms with Gasteiger partial charge in [-0.1, -0.05) is 30.3 Å². The van der Waals surface area contributed by atoms with Crippen LogP contribution < -0.4 is 10.9 Å². The molecule has 0 radical (unpaired) electrons. The first-order chi connectivity index (χ1) is 10.2. The molecule has 0 fully saturated rings. The van der Waals surface area contributed by atoms with E-state index in [0.717, 1.165) is 5.56 Å². The first-order valence-corrected chi connectivity index (χ1v) is 7.35. The van der Waals surface area contributed by atoms with Gasteiger partial charge in [0, 0.05) is 5.38 Å². The van der Waals surface area contributed by atoms with Crippen molar-refractivity contribution in [2.24, 2.45) is 0 Å². The Morgan fingerprint density at radius 3 is 2.86 bits per heavy atom. The van der Waals surface area contributed by atoms with E-state index >= 15 is 0 Å². The van der Waals surface area contributed by atoms with Gasteiger partial charge in [-0.05, 0) is 12.5 Å². The molecule has 6 heteroatoms. The monoisotopic (exact) mass is 299 g/mol. The zero-order valence-corrected chi connectivity index (χ0v) is 12.1. The van der Waals surface area contributed by atoms with Gasteiger partial charge in [-0.15, -0.1) is 11.3 Å². The van der Waals surface area contributed by atoms with Crippen LogP contribution in [-0.2, 0) is 0 Å². The minimum Gasteiger partial charge on any atom is -0.345 e. The number of amides is 1. The third-order valence-electron chi connectivity index (χ3n) is 3.27. The van der Waals surface area contributed by atoms with Gasteiger partial charge >= 0.3 is 0 Å². The molecule has 0 saturated heterocycles. The van der Waals surface area contributed by atoms with Crippen LogP contribution in [0.25, 0.3) is 10.2 Å². The second-order valence-corrected chi connectivity index (χ2v) is 5.53. The molecule has 2 heterocycles. The summed E-state index contributed by atoms with van der Waals surface area (Å²) in [7, 11) is 0. The van der Waals surface area contributed by atoms with Crippen LogP contribution >= 0.6 is 11.3 Å². The zero-order chi connectivity index (χ0) is 14.8. The third-order valence-corrected chi connectivity index (χ3v) is 4.15. The normalized spacial score (nSPS) is 12.2. The fourth-order valence-electron chi connectivity index (χ4n) is 2.15. The number of thiophene rings is 1. The number of aromatic nitrogens is 2. The van der Waals surface area contributed by atoms with E-state index in [1.54, 1.807) is 5.38 Å². The molecule has 1 aromatic carbocycles. The Morgan fingerprint density at radius 1 is 1.33 bits per heavy atom. The van der Waals surface area contributed by atoms with E-state index < -0.39 is 0 Å². The highest BCUT2D eigenvalue weighted by Gasteiger charge is 2.17. The Bertz CT molecular complexity index is 839. The molecule has 0 aliphatic carbocycles. The van der Waals surface area contributed by atoms with Gasteiger partial charge in [0.2, 0.25) is 0 Å². The summed E-state index contributed by atoms with van der Waals surface area (Å²) in [5, 5.41) is 4.92. The van der Waals surface area contributed by atoms with Gasteiger partial charge < -0.3 is 10.3 Å². The first-order valence-electron chi connectivity index (χ1n) is 6.47. The van der Waals surface area contributed by atoms with Gasteiger partial charge in [0.05, 0.1) is 23.3 Å². The standard InChI is InChI=1S/C15H13N3O2S/c1-9(10-5-3-2-4-6-10)18-13(19)11-7-21-15-12(11)14(20)16-8-17-15/h2-9H,1H3,(H,18,19)(H,16,17,20)/t9-/m0/s1. The number of nitrogens with zero attached hydrogens (tertiary/aromatic N) is 1. The van der Waals surface area contributed by atoms with Crippen molar-refractivity contribution >= 4 is 27.5 Å². The minimum atomic E-state index is -0.293. The van der Waals surface area contributed by atoms with Crippen LogP contribution in [0.5, 0.6) is 0 Å². The molecule has 1 atom stereocenters. The molecule has 106 valence electrons. The van der Waals surface area contributed by atoms with Crippen LogP contribution in [0.4, 0.5) is 0 Å². The fraction of sp³-hybridized carbons (Fsp3) is 0.133. The summed E-state index contributed by atoms with van der Waals surface area (Å²) in [6.07, 6.45) is 1.34. The van der Waals surface area contributed by atoms with Crippen LogP contribution in [0.1, 0.15) is 28.9 Å². The molecule has 3 rings (SSSR count). The number of hydrogen-bond donors (Lipinski definition) is 2. The highest BCUT2D eigenvalue weighted by atomic mass is 32.1. The number of rotatable bonds is 3. The van der Waals surface area contributed by atoms with Gasteiger partial charge in [-0.2, -0.15) is 0 Å². The van der Waals surface area contributed by atoms with Crippen LogP contribution in [-0.4, -0.2) is 15.9 Å². The lowest BCUT2D eigenvalue weighted by atomic mass is 10.1. The van der Waals surface area contributed by atoms with Crippen molar-refractivity contribution in [3.63, 3.8) is 0 Å². The number of aromatic amines is 1. The number of carbonyl (C=O) groups excluding carboxylic acids is 1. The molecule has 0 saturated carbocycles. The van der Waals surface area contributed by atoms with Crippen LogP contribution in [0.2, 0.25) is 0 Å². The SMILES string of the molecule is C[C@H](NC(=O)c1csc2nc[nH]c(=O)c12)c1ccccc1. The summed E-state index contributed by atoms with van der Waals surface area (Å²) in [6, 6.07) is 9.54. The van der Waals surface area contributed by atoms with E-state index in [-0.39, 0.29) is 17.5 Å². The molecule has 0 aliphatic rings. The highest BCUT2D eigenvalue weighted by molar-refractivity contribution is 7.17. The van der Waals surface area contributed by atoms with Gasteiger partial charge in [-0.3, -0.25) is 9.59 Å². The maximum absolute atomic E-state index is 12.4. The van der Waals surface area contributed by atoms with Crippen molar-refractivity contribution in [2.75, 3.05) is 0 Å². The molecular weight excluding hydrogens is 286 g/mol. The molecule has 3 aromatic rings. The quantitative estimate of drug-likeness (QED) is 0.780. The van der Waals surface area contributed by atoms with E-state index in [2.05, 4.69) is 15.3 Å². The van der Waals surface area contributed by atoms with Crippen molar-refractivity contribution in [1.82, 2.24) is 15.3 Å². The van der Waals surface area contributed by atoms with E-state index in [1.807, 2.05) is 37.3 Å². The van der Waals surface area contributed by atoms with E-state index in [0.29, 0.717) is 15.8 Å². The molecule has 2 N–H and O–H groups in total. The van der Waals surface area contributed by atoms with Crippen molar-refractivity contribution in [2.45, 2.75) is 13.0 Å². The maximum Gasteiger partial charge on any atom is 0.260 e. The Balaban J connectivity index is 1.90. The second kappa shape index (κ2) is 5.49. The van der Waals surface area contributed by atoms with E-state index in [9.17, 15) is 9.59 Å². The van der Waals surface area contributed by atoms with Gasteiger partial charge in [0.25, 0.3) is 11.5 Å². The lowest BCUT2D eigenvalue weighted by Gasteiger charge is -2.13. The van der Waals surface area contributed by atoms with Crippen molar-refractivity contribution in [3.8, 4) is 0 Å². The van der Waals surface area contributed by atoms with E-state index in [4.69, 9.17) is 0 Å². The number of benzene rings is 1. The van der Waals surface area contributed by atoms with Crippen molar-refractivity contribution < 1.29 is 4.79 Å². The largest absolute Gasteiger partial charge is 0.345 e. The molecular formula is C15H13N3O2S. The lowest BCUT2D eigenvalue weighted by molar-refractivity contribution is 0.0942. The smallest absolute Gasteiger partial charge is 0.260 e. The Morgan fingerprint density at radius 2 is 2.10 bits per heavy atom. The molecule has 5 nitrogen and oxygen atoms in total. The van der Waals surface area contributed by atoms with Crippen molar-refractivity contribution in [1.29, 1.82) is 0 Å². The maximum atomic E-state index is 12.4. The third kappa shape index (κ3) is 2.57. The van der Waals surface area contributed by atoms with Crippen LogP contribution in [0.3, 0.4) is 0 Å². The first kappa shape index (κ1) is 13.5. The van der Waals surface area contributed by atoms with Gasteiger partial charge in [0.15, 0.2) is 0 Å². The molecule has 1 amide bonds. The minimum absolute atomic E-state index is 0.135. The average molecular weight is 299 g/mol.